The van der Waals surface area contributed by atoms with Gasteiger partial charge in [0.1, 0.15) is 6.54 Å². The van der Waals surface area contributed by atoms with E-state index in [9.17, 15) is 9.59 Å². The molecule has 1 aliphatic heterocycles. The number of benzene rings is 1. The Balaban J connectivity index is 1.59. The van der Waals surface area contributed by atoms with Crippen molar-refractivity contribution in [2.24, 2.45) is 5.92 Å². The highest BCUT2D eigenvalue weighted by Gasteiger charge is 2.38. The van der Waals surface area contributed by atoms with Crippen molar-refractivity contribution in [1.82, 2.24) is 9.80 Å². The van der Waals surface area contributed by atoms with Crippen LogP contribution in [0, 0.1) is 12.8 Å². The fourth-order valence-electron chi connectivity index (χ4n) is 4.20. The van der Waals surface area contributed by atoms with E-state index in [0.29, 0.717) is 18.9 Å². The standard InChI is InChI=1S/C24H30N2O2S/c1-16(2)14-22(27)26(19-8-9-19)15-23(28)25-12-10-21-20(11-13-29-21)24(25)18-6-4-17(3)5-7-18/h4-7,11,13,16,19,24H,8-10,12,14-15H2,1-3H3/t24-/m1/s1. The molecule has 4 nitrogen and oxygen atoms in total. The number of amides is 2. The topological polar surface area (TPSA) is 40.6 Å². The lowest BCUT2D eigenvalue weighted by Gasteiger charge is -2.37. The van der Waals surface area contributed by atoms with Crippen molar-refractivity contribution < 1.29 is 9.59 Å². The van der Waals surface area contributed by atoms with Crippen LogP contribution >= 0.6 is 11.3 Å². The van der Waals surface area contributed by atoms with Crippen molar-refractivity contribution in [2.45, 2.75) is 58.5 Å². The molecule has 29 heavy (non-hydrogen) atoms. The van der Waals surface area contributed by atoms with Gasteiger partial charge in [0.05, 0.1) is 6.04 Å². The van der Waals surface area contributed by atoms with E-state index in [1.165, 1.54) is 16.0 Å². The summed E-state index contributed by atoms with van der Waals surface area (Å²) in [5.41, 5.74) is 3.60. The third-order valence-electron chi connectivity index (χ3n) is 5.88. The summed E-state index contributed by atoms with van der Waals surface area (Å²) < 4.78 is 0. The Morgan fingerprint density at radius 1 is 1.17 bits per heavy atom. The van der Waals surface area contributed by atoms with Gasteiger partial charge in [-0.25, -0.2) is 0 Å². The molecule has 0 N–H and O–H groups in total. The summed E-state index contributed by atoms with van der Waals surface area (Å²) in [5, 5.41) is 2.13. The first-order valence-corrected chi connectivity index (χ1v) is 11.5. The van der Waals surface area contributed by atoms with Crippen molar-refractivity contribution >= 4 is 23.2 Å². The second-order valence-electron chi connectivity index (χ2n) is 8.80. The van der Waals surface area contributed by atoms with Gasteiger partial charge in [0.15, 0.2) is 0 Å². The van der Waals surface area contributed by atoms with Gasteiger partial charge in [-0.05, 0) is 54.7 Å². The lowest BCUT2D eigenvalue weighted by atomic mass is 9.92. The predicted molar refractivity (Wildman–Crippen MR) is 117 cm³/mol. The molecule has 2 aliphatic rings. The first kappa shape index (κ1) is 20.1. The molecular formula is C24H30N2O2S. The molecule has 1 saturated carbocycles. The Kier molecular flexibility index (Phi) is 5.77. The van der Waals surface area contributed by atoms with Crippen LogP contribution in [0.25, 0.3) is 0 Å². The van der Waals surface area contributed by atoms with E-state index < -0.39 is 0 Å². The molecule has 4 rings (SSSR count). The Morgan fingerprint density at radius 3 is 2.55 bits per heavy atom. The third kappa shape index (κ3) is 4.40. The maximum absolute atomic E-state index is 13.4. The lowest BCUT2D eigenvalue weighted by Crippen LogP contribution is -2.47. The van der Waals surface area contributed by atoms with E-state index in [1.807, 2.05) is 9.80 Å². The molecule has 0 bridgehead atoms. The van der Waals surface area contributed by atoms with Gasteiger partial charge in [-0.2, -0.15) is 0 Å². The first-order chi connectivity index (χ1) is 13.9. The monoisotopic (exact) mass is 410 g/mol. The second-order valence-corrected chi connectivity index (χ2v) is 9.80. The zero-order valence-electron chi connectivity index (χ0n) is 17.6. The highest BCUT2D eigenvalue weighted by molar-refractivity contribution is 7.10. The van der Waals surface area contributed by atoms with Gasteiger partial charge >= 0.3 is 0 Å². The molecule has 1 aromatic heterocycles. The third-order valence-corrected chi connectivity index (χ3v) is 6.87. The quantitative estimate of drug-likeness (QED) is 0.700. The van der Waals surface area contributed by atoms with Crippen LogP contribution in [0.3, 0.4) is 0 Å². The van der Waals surface area contributed by atoms with Crippen molar-refractivity contribution in [1.29, 1.82) is 0 Å². The highest BCUT2D eigenvalue weighted by Crippen LogP contribution is 2.38. The van der Waals surface area contributed by atoms with E-state index in [0.717, 1.165) is 24.8 Å². The van der Waals surface area contributed by atoms with Gasteiger partial charge in [0.25, 0.3) is 0 Å². The molecule has 1 atom stereocenters. The fraction of sp³-hybridized carbons (Fsp3) is 0.500. The van der Waals surface area contributed by atoms with E-state index in [-0.39, 0.29) is 30.4 Å². The maximum Gasteiger partial charge on any atom is 0.243 e. The molecule has 5 heteroatoms. The van der Waals surface area contributed by atoms with Crippen molar-refractivity contribution in [3.05, 3.63) is 57.3 Å². The van der Waals surface area contributed by atoms with Crippen LogP contribution in [0.5, 0.6) is 0 Å². The zero-order chi connectivity index (χ0) is 20.5. The number of rotatable bonds is 6. The van der Waals surface area contributed by atoms with Crippen LogP contribution in [0.2, 0.25) is 0 Å². The molecule has 0 unspecified atom stereocenters. The molecular weight excluding hydrogens is 380 g/mol. The van der Waals surface area contributed by atoms with Crippen LogP contribution < -0.4 is 0 Å². The summed E-state index contributed by atoms with van der Waals surface area (Å²) in [4.78, 5) is 31.4. The zero-order valence-corrected chi connectivity index (χ0v) is 18.4. The summed E-state index contributed by atoms with van der Waals surface area (Å²) in [6, 6.07) is 10.9. The molecule has 0 radical (unpaired) electrons. The van der Waals surface area contributed by atoms with Crippen LogP contribution in [0.15, 0.2) is 35.7 Å². The molecule has 0 spiro atoms. The van der Waals surface area contributed by atoms with Gasteiger partial charge in [0, 0.05) is 23.9 Å². The van der Waals surface area contributed by atoms with Gasteiger partial charge < -0.3 is 9.80 Å². The number of aryl methyl sites for hydroxylation is 1. The number of carbonyl (C=O) groups is 2. The molecule has 2 heterocycles. The number of nitrogens with zero attached hydrogens (tertiary/aromatic N) is 2. The Hall–Kier alpha value is -2.14. The Morgan fingerprint density at radius 2 is 1.90 bits per heavy atom. The minimum atomic E-state index is -0.0562. The molecule has 154 valence electrons. The van der Waals surface area contributed by atoms with E-state index in [1.54, 1.807) is 11.3 Å². The van der Waals surface area contributed by atoms with Gasteiger partial charge in [-0.15, -0.1) is 11.3 Å². The lowest BCUT2D eigenvalue weighted by molar-refractivity contribution is -0.142. The van der Waals surface area contributed by atoms with E-state index in [4.69, 9.17) is 0 Å². The highest BCUT2D eigenvalue weighted by atomic mass is 32.1. The summed E-state index contributed by atoms with van der Waals surface area (Å²) in [6.45, 7) is 7.11. The second kappa shape index (κ2) is 8.31. The van der Waals surface area contributed by atoms with Gasteiger partial charge in [-0.1, -0.05) is 43.7 Å². The molecule has 1 fully saturated rings. The first-order valence-electron chi connectivity index (χ1n) is 10.7. The molecule has 2 aromatic rings. The molecule has 2 amide bonds. The minimum Gasteiger partial charge on any atom is -0.330 e. The normalized spacial score (nSPS) is 18.6. The maximum atomic E-state index is 13.4. The average molecular weight is 411 g/mol. The molecule has 0 saturated heterocycles. The number of thiophene rings is 1. The smallest absolute Gasteiger partial charge is 0.243 e. The van der Waals surface area contributed by atoms with Gasteiger partial charge in [-0.3, -0.25) is 9.59 Å². The minimum absolute atomic E-state index is 0.0562. The van der Waals surface area contributed by atoms with Crippen LogP contribution in [-0.2, 0) is 16.0 Å². The average Bonchev–Trinajstić information content (AvgIpc) is 3.41. The van der Waals surface area contributed by atoms with Gasteiger partial charge in [0.2, 0.25) is 11.8 Å². The summed E-state index contributed by atoms with van der Waals surface area (Å²) in [7, 11) is 0. The van der Waals surface area contributed by atoms with E-state index >= 15 is 0 Å². The fourth-order valence-corrected chi connectivity index (χ4v) is 5.11. The molecule has 1 aromatic carbocycles. The number of hydrogen-bond acceptors (Lipinski definition) is 3. The number of carbonyl (C=O) groups excluding carboxylic acids is 2. The SMILES string of the molecule is Cc1ccc([C@@H]2c3ccsc3CCN2C(=O)CN(C(=O)CC(C)C)C2CC2)cc1. The van der Waals surface area contributed by atoms with Crippen LogP contribution in [-0.4, -0.2) is 40.7 Å². The summed E-state index contributed by atoms with van der Waals surface area (Å²) >= 11 is 1.78. The Labute approximate surface area is 177 Å². The number of fused-ring (bicyclic) bond motifs is 1. The Bertz CT molecular complexity index is 883. The van der Waals surface area contributed by atoms with E-state index in [2.05, 4.69) is 56.5 Å². The number of hydrogen-bond donors (Lipinski definition) is 0. The summed E-state index contributed by atoms with van der Waals surface area (Å²) in [5.74, 6) is 0.495. The van der Waals surface area contributed by atoms with Crippen LogP contribution in [0.4, 0.5) is 0 Å². The van der Waals surface area contributed by atoms with Crippen LogP contribution in [0.1, 0.15) is 60.7 Å². The largest absolute Gasteiger partial charge is 0.330 e. The van der Waals surface area contributed by atoms with Crippen molar-refractivity contribution in [3.63, 3.8) is 0 Å². The predicted octanol–water partition coefficient (Wildman–Crippen LogP) is 4.57. The van der Waals surface area contributed by atoms with Crippen molar-refractivity contribution in [3.8, 4) is 0 Å². The summed E-state index contributed by atoms with van der Waals surface area (Å²) in [6.07, 6.45) is 3.45. The van der Waals surface area contributed by atoms with Crippen molar-refractivity contribution in [2.75, 3.05) is 13.1 Å². The molecule has 1 aliphatic carbocycles.